The van der Waals surface area contributed by atoms with Gasteiger partial charge in [-0.15, -0.1) is 0 Å². The summed E-state index contributed by atoms with van der Waals surface area (Å²) < 4.78 is 0. The molecule has 1 heterocycles. The van der Waals surface area contributed by atoms with Gasteiger partial charge in [0, 0.05) is 7.05 Å². The lowest BCUT2D eigenvalue weighted by Gasteiger charge is -2.10. The predicted molar refractivity (Wildman–Crippen MR) is 90.5 cm³/mol. The lowest BCUT2D eigenvalue weighted by Crippen LogP contribution is -2.24. The quantitative estimate of drug-likeness (QED) is 0.496. The zero-order chi connectivity index (χ0) is 15.9. The van der Waals surface area contributed by atoms with Crippen LogP contribution in [0.25, 0.3) is 0 Å². The summed E-state index contributed by atoms with van der Waals surface area (Å²) in [6, 6.07) is 5.79. The first-order chi connectivity index (χ1) is 10.7. The van der Waals surface area contributed by atoms with Gasteiger partial charge < -0.3 is 4.90 Å². The van der Waals surface area contributed by atoms with Crippen LogP contribution in [-0.4, -0.2) is 18.7 Å². The Morgan fingerprint density at radius 2 is 1.55 bits per heavy atom. The first-order valence-corrected chi connectivity index (χ1v) is 8.61. The maximum Gasteiger partial charge on any atom is 0.299 e. The number of hydrogen-bond donors (Lipinski definition) is 0. The molecule has 0 aromatic heterocycles. The molecule has 1 aliphatic heterocycles. The van der Waals surface area contributed by atoms with E-state index in [-0.39, 0.29) is 5.78 Å². The van der Waals surface area contributed by atoms with E-state index in [1.165, 1.54) is 49.8 Å². The SMILES string of the molecule is CCCCCCCCCCc1cccc2c1C(=O)C(=O)N2C. The zero-order valence-corrected chi connectivity index (χ0v) is 13.9. The monoisotopic (exact) mass is 301 g/mol. The Balaban J connectivity index is 1.81. The van der Waals surface area contributed by atoms with Gasteiger partial charge in [-0.2, -0.15) is 0 Å². The fourth-order valence-corrected chi connectivity index (χ4v) is 3.15. The second-order valence-electron chi connectivity index (χ2n) is 6.23. The Hall–Kier alpha value is -1.64. The van der Waals surface area contributed by atoms with Gasteiger partial charge in [-0.25, -0.2) is 0 Å². The number of benzene rings is 1. The Labute approximate surface area is 133 Å². The van der Waals surface area contributed by atoms with Crippen LogP contribution >= 0.6 is 0 Å². The Bertz CT molecular complexity index is 536. The molecule has 0 fully saturated rings. The summed E-state index contributed by atoms with van der Waals surface area (Å²) in [6.07, 6.45) is 11.1. The largest absolute Gasteiger partial charge is 0.308 e. The number of amides is 1. The maximum absolute atomic E-state index is 12.1. The van der Waals surface area contributed by atoms with Gasteiger partial charge in [0.15, 0.2) is 0 Å². The van der Waals surface area contributed by atoms with E-state index in [2.05, 4.69) is 6.92 Å². The molecule has 1 amide bonds. The maximum atomic E-state index is 12.1. The van der Waals surface area contributed by atoms with Crippen molar-refractivity contribution in [2.75, 3.05) is 11.9 Å². The number of ketones is 1. The highest BCUT2D eigenvalue weighted by atomic mass is 16.2. The van der Waals surface area contributed by atoms with Crippen molar-refractivity contribution in [2.45, 2.75) is 64.7 Å². The van der Waals surface area contributed by atoms with E-state index in [1.54, 1.807) is 7.05 Å². The van der Waals surface area contributed by atoms with Crippen molar-refractivity contribution in [3.63, 3.8) is 0 Å². The highest BCUT2D eigenvalue weighted by Crippen LogP contribution is 2.31. The smallest absolute Gasteiger partial charge is 0.299 e. The third-order valence-corrected chi connectivity index (χ3v) is 4.52. The topological polar surface area (TPSA) is 37.4 Å². The van der Waals surface area contributed by atoms with Gasteiger partial charge in [0.1, 0.15) is 0 Å². The molecule has 0 N–H and O–H groups in total. The fourth-order valence-electron chi connectivity index (χ4n) is 3.15. The summed E-state index contributed by atoms with van der Waals surface area (Å²) in [4.78, 5) is 25.3. The lowest BCUT2D eigenvalue weighted by molar-refractivity contribution is -0.114. The van der Waals surface area contributed by atoms with Crippen LogP contribution in [-0.2, 0) is 11.2 Å². The molecule has 0 aliphatic carbocycles. The van der Waals surface area contributed by atoms with Gasteiger partial charge in [-0.3, -0.25) is 9.59 Å². The number of hydrogen-bond acceptors (Lipinski definition) is 2. The lowest BCUT2D eigenvalue weighted by atomic mass is 9.98. The molecule has 120 valence electrons. The number of unbranched alkanes of at least 4 members (excludes halogenated alkanes) is 7. The molecule has 0 atom stereocenters. The molecule has 3 heteroatoms. The molecule has 0 unspecified atom stereocenters. The van der Waals surface area contributed by atoms with Crippen molar-refractivity contribution in [3.05, 3.63) is 29.3 Å². The highest BCUT2D eigenvalue weighted by Gasteiger charge is 2.34. The second-order valence-corrected chi connectivity index (χ2v) is 6.23. The molecule has 0 bridgehead atoms. The summed E-state index contributed by atoms with van der Waals surface area (Å²) in [5.41, 5.74) is 2.44. The van der Waals surface area contributed by atoms with Gasteiger partial charge in [-0.05, 0) is 24.5 Å². The summed E-state index contributed by atoms with van der Waals surface area (Å²) in [7, 11) is 1.67. The summed E-state index contributed by atoms with van der Waals surface area (Å²) >= 11 is 0. The van der Waals surface area contributed by atoms with Crippen molar-refractivity contribution in [1.29, 1.82) is 0 Å². The van der Waals surface area contributed by atoms with Gasteiger partial charge in [0.25, 0.3) is 11.7 Å². The van der Waals surface area contributed by atoms with E-state index in [0.29, 0.717) is 5.56 Å². The van der Waals surface area contributed by atoms with Gasteiger partial charge >= 0.3 is 0 Å². The zero-order valence-electron chi connectivity index (χ0n) is 13.9. The van der Waals surface area contributed by atoms with E-state index in [9.17, 15) is 9.59 Å². The number of fused-ring (bicyclic) bond motifs is 1. The molecule has 0 radical (unpaired) electrons. The van der Waals surface area contributed by atoms with Crippen LogP contribution < -0.4 is 4.90 Å². The van der Waals surface area contributed by atoms with E-state index in [0.717, 1.165) is 24.1 Å². The number of nitrogens with zero attached hydrogens (tertiary/aromatic N) is 1. The molecule has 3 nitrogen and oxygen atoms in total. The molecule has 0 spiro atoms. The minimum absolute atomic E-state index is 0.340. The molecule has 2 rings (SSSR count). The molecule has 0 saturated heterocycles. The van der Waals surface area contributed by atoms with Crippen molar-refractivity contribution in [1.82, 2.24) is 0 Å². The number of rotatable bonds is 9. The number of carbonyl (C=O) groups excluding carboxylic acids is 2. The molecule has 1 aliphatic rings. The van der Waals surface area contributed by atoms with Gasteiger partial charge in [0.05, 0.1) is 11.3 Å². The van der Waals surface area contributed by atoms with Crippen LogP contribution in [0.5, 0.6) is 0 Å². The fraction of sp³-hybridized carbons (Fsp3) is 0.579. The van der Waals surface area contributed by atoms with E-state index in [4.69, 9.17) is 0 Å². The van der Waals surface area contributed by atoms with E-state index < -0.39 is 5.91 Å². The first-order valence-electron chi connectivity index (χ1n) is 8.61. The number of likely N-dealkylation sites (N-methyl/N-ethyl adjacent to an activating group) is 1. The number of Topliss-reactive ketones (excluding diaryl/α,β-unsaturated/α-hetero) is 1. The number of aryl methyl sites for hydroxylation is 1. The van der Waals surface area contributed by atoms with Crippen molar-refractivity contribution in [3.8, 4) is 0 Å². The average molecular weight is 301 g/mol. The van der Waals surface area contributed by atoms with Gasteiger partial charge in [0.2, 0.25) is 0 Å². The molecular weight excluding hydrogens is 274 g/mol. The Kier molecular flexibility index (Phi) is 6.17. The Morgan fingerprint density at radius 1 is 0.909 bits per heavy atom. The van der Waals surface area contributed by atoms with Gasteiger partial charge in [-0.1, -0.05) is 64.0 Å². The highest BCUT2D eigenvalue weighted by molar-refractivity contribution is 6.52. The van der Waals surface area contributed by atoms with Crippen LogP contribution in [0.2, 0.25) is 0 Å². The summed E-state index contributed by atoms with van der Waals surface area (Å²) in [5, 5.41) is 0. The second kappa shape index (κ2) is 8.11. The van der Waals surface area contributed by atoms with Crippen LogP contribution in [0, 0.1) is 0 Å². The molecule has 1 aromatic rings. The first kappa shape index (κ1) is 16.7. The van der Waals surface area contributed by atoms with Crippen LogP contribution in [0.4, 0.5) is 5.69 Å². The average Bonchev–Trinajstić information content (AvgIpc) is 2.75. The van der Waals surface area contributed by atoms with Crippen molar-refractivity contribution in [2.24, 2.45) is 0 Å². The predicted octanol–water partition coefficient (Wildman–Crippen LogP) is 4.53. The van der Waals surface area contributed by atoms with Crippen molar-refractivity contribution >= 4 is 17.4 Å². The molecular formula is C19H27NO2. The summed E-state index contributed by atoms with van der Waals surface area (Å²) in [5.74, 6) is -0.744. The van der Waals surface area contributed by atoms with E-state index in [1.807, 2.05) is 18.2 Å². The molecule has 0 saturated carbocycles. The van der Waals surface area contributed by atoms with Crippen molar-refractivity contribution < 1.29 is 9.59 Å². The van der Waals surface area contributed by atoms with E-state index >= 15 is 0 Å². The minimum atomic E-state index is -0.404. The standard InChI is InChI=1S/C19H27NO2/c1-3-4-5-6-7-8-9-10-12-15-13-11-14-16-17(15)18(21)19(22)20(16)2/h11,13-14H,3-10,12H2,1-2H3. The van der Waals surface area contributed by atoms with Crippen LogP contribution in [0.3, 0.4) is 0 Å². The molecule has 22 heavy (non-hydrogen) atoms. The minimum Gasteiger partial charge on any atom is -0.308 e. The Morgan fingerprint density at radius 3 is 2.23 bits per heavy atom. The third-order valence-electron chi connectivity index (χ3n) is 4.52. The normalized spacial score (nSPS) is 13.8. The number of anilines is 1. The number of carbonyl (C=O) groups is 2. The molecule has 1 aromatic carbocycles. The third kappa shape index (κ3) is 3.76. The van der Waals surface area contributed by atoms with Crippen LogP contribution in [0.1, 0.15) is 74.2 Å². The summed E-state index contributed by atoms with van der Waals surface area (Å²) in [6.45, 7) is 2.24. The van der Waals surface area contributed by atoms with Crippen LogP contribution in [0.15, 0.2) is 18.2 Å².